The Morgan fingerprint density at radius 1 is 0.848 bits per heavy atom. The summed E-state index contributed by atoms with van der Waals surface area (Å²) >= 11 is 1.54. The second kappa shape index (κ2) is 12.0. The second-order valence-electron chi connectivity index (χ2n) is 6.87. The van der Waals surface area contributed by atoms with Gasteiger partial charge in [-0.1, -0.05) is 24.3 Å². The number of carbonyl (C=O) groups is 1. The van der Waals surface area contributed by atoms with Gasteiger partial charge in [0.25, 0.3) is 5.91 Å². The second-order valence-corrected chi connectivity index (χ2v) is 7.82. The number of halogens is 1. The van der Waals surface area contributed by atoms with E-state index in [1.165, 1.54) is 11.3 Å². The molecule has 0 aliphatic heterocycles. The van der Waals surface area contributed by atoms with Gasteiger partial charge in [0.05, 0.1) is 10.6 Å². The van der Waals surface area contributed by atoms with E-state index >= 15 is 0 Å². The van der Waals surface area contributed by atoms with Gasteiger partial charge < -0.3 is 21.1 Å². The van der Waals surface area contributed by atoms with Gasteiger partial charge in [0.1, 0.15) is 11.6 Å². The van der Waals surface area contributed by atoms with Crippen LogP contribution in [0.15, 0.2) is 101 Å². The molecule has 0 saturated heterocycles. The lowest BCUT2D eigenvalue weighted by Crippen LogP contribution is -2.20. The molecular weight excluding hydrogens is 547 g/mol. The first-order valence-electron chi connectivity index (χ1n) is 9.98. The zero-order chi connectivity index (χ0) is 22.2. The molecule has 6 nitrogen and oxygen atoms in total. The summed E-state index contributed by atoms with van der Waals surface area (Å²) in [6.45, 7) is -0.0933. The molecule has 0 bridgehead atoms. The van der Waals surface area contributed by atoms with Crippen molar-refractivity contribution < 1.29 is 9.53 Å². The smallest absolute Gasteiger partial charge is 0.262 e. The molecule has 8 heteroatoms. The number of hydrogen-bond donors (Lipinski definition) is 3. The Hall–Kier alpha value is -3.37. The lowest BCUT2D eigenvalue weighted by atomic mass is 10.2. The molecule has 0 spiro atoms. The highest BCUT2D eigenvalue weighted by Gasteiger charge is 2.05. The Kier molecular flexibility index (Phi) is 8.85. The molecule has 0 atom stereocenters. The maximum atomic E-state index is 12.2. The van der Waals surface area contributed by atoms with Gasteiger partial charge in [-0.15, -0.1) is 35.3 Å². The molecule has 1 heterocycles. The van der Waals surface area contributed by atoms with E-state index in [4.69, 9.17) is 10.5 Å². The van der Waals surface area contributed by atoms with Crippen LogP contribution in [0.25, 0.3) is 0 Å². The van der Waals surface area contributed by atoms with E-state index in [9.17, 15) is 4.79 Å². The number of thiophene rings is 1. The number of anilines is 3. The van der Waals surface area contributed by atoms with E-state index in [1.807, 2.05) is 72.1 Å². The van der Waals surface area contributed by atoms with Crippen LogP contribution >= 0.6 is 35.3 Å². The minimum atomic E-state index is -0.238. The van der Waals surface area contributed by atoms with Crippen molar-refractivity contribution in [3.63, 3.8) is 0 Å². The van der Waals surface area contributed by atoms with E-state index in [1.54, 1.807) is 24.3 Å². The molecule has 33 heavy (non-hydrogen) atoms. The molecule has 4 rings (SSSR count). The lowest BCUT2D eigenvalue weighted by molar-refractivity contribution is -0.118. The van der Waals surface area contributed by atoms with Gasteiger partial charge in [-0.25, -0.2) is 4.99 Å². The quantitative estimate of drug-likeness (QED) is 0.134. The molecule has 1 aromatic heterocycles. The summed E-state index contributed by atoms with van der Waals surface area (Å²) in [5, 5.41) is 8.08. The summed E-state index contributed by atoms with van der Waals surface area (Å²) in [7, 11) is 0. The molecule has 168 valence electrons. The van der Waals surface area contributed by atoms with Crippen LogP contribution < -0.4 is 21.1 Å². The summed E-state index contributed by atoms with van der Waals surface area (Å²) in [6, 6.07) is 28.4. The number of hydrogen-bond acceptors (Lipinski definition) is 5. The van der Waals surface area contributed by atoms with Gasteiger partial charge in [0, 0.05) is 17.1 Å². The summed E-state index contributed by atoms with van der Waals surface area (Å²) in [5.74, 6) is 0.812. The lowest BCUT2D eigenvalue weighted by Gasteiger charge is -2.10. The molecule has 0 aliphatic carbocycles. The third-order valence-corrected chi connectivity index (χ3v) is 5.35. The van der Waals surface area contributed by atoms with Crippen LogP contribution in [0.5, 0.6) is 5.75 Å². The Bertz CT molecular complexity index is 1180. The zero-order valence-corrected chi connectivity index (χ0v) is 20.7. The van der Waals surface area contributed by atoms with Crippen LogP contribution in [0.3, 0.4) is 0 Å². The van der Waals surface area contributed by atoms with Crippen molar-refractivity contribution in [1.82, 2.24) is 0 Å². The Labute approximate surface area is 213 Å². The maximum Gasteiger partial charge on any atom is 0.262 e. The number of nitrogens with one attached hydrogen (secondary N) is 2. The number of rotatable bonds is 8. The largest absolute Gasteiger partial charge is 0.484 e. The van der Waals surface area contributed by atoms with Crippen molar-refractivity contribution >= 4 is 69.8 Å². The van der Waals surface area contributed by atoms with E-state index in [0.717, 1.165) is 21.9 Å². The van der Waals surface area contributed by atoms with Crippen molar-refractivity contribution in [2.45, 2.75) is 0 Å². The number of aliphatic imine (C=N–C) groups is 1. The van der Waals surface area contributed by atoms with Crippen LogP contribution in [0, 0.1) is 0 Å². The molecule has 0 radical (unpaired) electrons. The predicted molar refractivity (Wildman–Crippen MR) is 147 cm³/mol. The van der Waals surface area contributed by atoms with Gasteiger partial charge in [0.15, 0.2) is 6.61 Å². The van der Waals surface area contributed by atoms with Gasteiger partial charge in [0.2, 0.25) is 0 Å². The SMILES string of the molecule is I.NC(=Nc1ccc(OCC(=O)Nc2ccc(Nc3ccccc3)cc2)cc1)c1cccs1. The molecule has 4 aromatic rings. The Morgan fingerprint density at radius 3 is 2.18 bits per heavy atom. The van der Waals surface area contributed by atoms with E-state index in [-0.39, 0.29) is 36.5 Å². The van der Waals surface area contributed by atoms with Crippen molar-refractivity contribution in [2.24, 2.45) is 10.7 Å². The van der Waals surface area contributed by atoms with Gasteiger partial charge >= 0.3 is 0 Å². The molecule has 3 aromatic carbocycles. The van der Waals surface area contributed by atoms with E-state index < -0.39 is 0 Å². The number of para-hydroxylation sites is 1. The summed E-state index contributed by atoms with van der Waals surface area (Å²) in [5.41, 5.74) is 9.36. The first-order chi connectivity index (χ1) is 15.7. The average Bonchev–Trinajstić information content (AvgIpc) is 3.36. The summed E-state index contributed by atoms with van der Waals surface area (Å²) in [6.07, 6.45) is 0. The molecule has 1 amide bonds. The number of amidine groups is 1. The fourth-order valence-corrected chi connectivity index (χ4v) is 3.53. The van der Waals surface area contributed by atoms with Crippen molar-refractivity contribution in [3.8, 4) is 5.75 Å². The van der Waals surface area contributed by atoms with Crippen LogP contribution in [-0.2, 0) is 4.79 Å². The number of ether oxygens (including phenoxy) is 1. The van der Waals surface area contributed by atoms with Gasteiger partial charge in [-0.3, -0.25) is 4.79 Å². The van der Waals surface area contributed by atoms with Crippen LogP contribution in [0.4, 0.5) is 22.7 Å². The molecule has 0 fully saturated rings. The minimum Gasteiger partial charge on any atom is -0.484 e. The van der Waals surface area contributed by atoms with Crippen LogP contribution in [-0.4, -0.2) is 18.3 Å². The zero-order valence-electron chi connectivity index (χ0n) is 17.6. The predicted octanol–water partition coefficient (Wildman–Crippen LogP) is 6.16. The molecule has 0 unspecified atom stereocenters. The third-order valence-electron chi connectivity index (χ3n) is 4.46. The molecule has 4 N–H and O–H groups in total. The highest BCUT2D eigenvalue weighted by Crippen LogP contribution is 2.21. The summed E-state index contributed by atoms with van der Waals surface area (Å²) < 4.78 is 5.57. The standard InChI is InChI=1S/C25H22N4O2S.HI/c26-25(23-7-4-16-32-23)29-21-12-14-22(15-13-21)31-17-24(30)28-20-10-8-19(9-11-20)27-18-5-2-1-3-6-18;/h1-16,27H,17H2,(H2,26,29)(H,28,30);1H. The number of nitrogens with two attached hydrogens (primary N) is 1. The number of benzene rings is 3. The van der Waals surface area contributed by atoms with E-state index in [2.05, 4.69) is 15.6 Å². The average molecular weight is 570 g/mol. The monoisotopic (exact) mass is 570 g/mol. The van der Waals surface area contributed by atoms with Crippen LogP contribution in [0.2, 0.25) is 0 Å². The third kappa shape index (κ3) is 7.33. The Balaban J connectivity index is 0.00000306. The first-order valence-corrected chi connectivity index (χ1v) is 10.9. The highest BCUT2D eigenvalue weighted by atomic mass is 127. The van der Waals surface area contributed by atoms with Crippen molar-refractivity contribution in [1.29, 1.82) is 0 Å². The highest BCUT2D eigenvalue weighted by molar-refractivity contribution is 14.0. The minimum absolute atomic E-state index is 0. The Morgan fingerprint density at radius 2 is 1.52 bits per heavy atom. The van der Waals surface area contributed by atoms with E-state index in [0.29, 0.717) is 17.3 Å². The topological polar surface area (TPSA) is 88.7 Å². The normalized spacial score (nSPS) is 10.7. The molecule has 0 saturated carbocycles. The number of carbonyl (C=O) groups excluding carboxylic acids is 1. The van der Waals surface area contributed by atoms with Gasteiger partial charge in [-0.05, 0) is 72.1 Å². The fourth-order valence-electron chi connectivity index (χ4n) is 2.91. The number of amides is 1. The first kappa shape index (κ1) is 24.3. The molecular formula is C25H23IN4O2S. The van der Waals surface area contributed by atoms with Gasteiger partial charge in [-0.2, -0.15) is 0 Å². The summed E-state index contributed by atoms with van der Waals surface area (Å²) in [4.78, 5) is 17.5. The number of nitrogens with zero attached hydrogens (tertiary/aromatic N) is 1. The molecule has 0 aliphatic rings. The maximum absolute atomic E-state index is 12.2. The van der Waals surface area contributed by atoms with Crippen molar-refractivity contribution in [3.05, 3.63) is 101 Å². The van der Waals surface area contributed by atoms with Crippen molar-refractivity contribution in [2.75, 3.05) is 17.2 Å². The van der Waals surface area contributed by atoms with Crippen LogP contribution in [0.1, 0.15) is 4.88 Å². The fraction of sp³-hybridized carbons (Fsp3) is 0.0400.